The van der Waals surface area contributed by atoms with E-state index in [1.54, 1.807) is 6.92 Å². The van der Waals surface area contributed by atoms with Gasteiger partial charge >= 0.3 is 11.5 Å². The molecule has 2 aliphatic rings. The summed E-state index contributed by atoms with van der Waals surface area (Å²) in [5.41, 5.74) is 1.22. The molecule has 0 aliphatic carbocycles. The van der Waals surface area contributed by atoms with Crippen molar-refractivity contribution in [1.29, 1.82) is 0 Å². The van der Waals surface area contributed by atoms with Crippen molar-refractivity contribution in [2.75, 3.05) is 0 Å². The van der Waals surface area contributed by atoms with Crippen LogP contribution in [0.25, 0.3) is 0 Å². The Morgan fingerprint density at radius 1 is 1.44 bits per heavy atom. The van der Waals surface area contributed by atoms with E-state index in [0.717, 1.165) is 6.42 Å². The summed E-state index contributed by atoms with van der Waals surface area (Å²) in [6.45, 7) is 3.87. The van der Waals surface area contributed by atoms with Gasteiger partial charge in [-0.15, -0.1) is 4.99 Å². The monoisotopic (exact) mass is 341 g/mol. The van der Waals surface area contributed by atoms with E-state index in [9.17, 15) is 10.1 Å². The summed E-state index contributed by atoms with van der Waals surface area (Å²) >= 11 is 0. The van der Waals surface area contributed by atoms with Crippen molar-refractivity contribution >= 4 is 12.2 Å². The van der Waals surface area contributed by atoms with Crippen LogP contribution >= 0.6 is 0 Å². The van der Waals surface area contributed by atoms with Gasteiger partial charge in [-0.1, -0.05) is 37.3 Å². The number of nitrogens with zero attached hydrogens (tertiary/aromatic N) is 3. The molecule has 0 bridgehead atoms. The third-order valence-electron chi connectivity index (χ3n) is 4.22. The summed E-state index contributed by atoms with van der Waals surface area (Å²) in [4.78, 5) is 15.0. The topological polar surface area (TPSA) is 94.6 Å². The first kappa shape index (κ1) is 17.0. The normalized spacial score (nSPS) is 23.4. The van der Waals surface area contributed by atoms with Crippen LogP contribution < -0.4 is 16.0 Å². The maximum Gasteiger partial charge on any atom is 0.335 e. The third kappa shape index (κ3) is 3.66. The average molecular weight is 341 g/mol. The number of benzene rings is 1. The van der Waals surface area contributed by atoms with Gasteiger partial charge < -0.3 is 0 Å². The molecule has 25 heavy (non-hydrogen) atoms. The van der Waals surface area contributed by atoms with Crippen LogP contribution in [0.3, 0.4) is 0 Å². The molecule has 1 aromatic carbocycles. The first-order valence-electron chi connectivity index (χ1n) is 8.22. The molecular weight excluding hydrogens is 320 g/mol. The van der Waals surface area contributed by atoms with Gasteiger partial charge in [0.25, 0.3) is 0 Å². The lowest BCUT2D eigenvalue weighted by Gasteiger charge is -2.30. The minimum atomic E-state index is -0.437. The van der Waals surface area contributed by atoms with Crippen LogP contribution in [0.1, 0.15) is 31.9 Å². The van der Waals surface area contributed by atoms with Crippen molar-refractivity contribution in [3.05, 3.63) is 63.7 Å². The van der Waals surface area contributed by atoms with Gasteiger partial charge in [0.15, 0.2) is 12.5 Å². The van der Waals surface area contributed by atoms with E-state index < -0.39 is 6.04 Å². The highest BCUT2D eigenvalue weighted by molar-refractivity contribution is 5.64. The zero-order valence-electron chi connectivity index (χ0n) is 14.1. The zero-order valence-corrected chi connectivity index (χ0v) is 14.1. The van der Waals surface area contributed by atoms with Crippen LogP contribution in [-0.2, 0) is 0 Å². The lowest BCUT2D eigenvalue weighted by molar-refractivity contribution is -0.454. The molecule has 0 radical (unpaired) electrons. The summed E-state index contributed by atoms with van der Waals surface area (Å²) in [5, 5.41) is 21.3. The standard InChI is InChI=1S/C17H21N6O2/c1-3-14(13-7-5-4-6-8-13)20-17-19-12(2)15(23(24)25)16(21-17)22-10-9-18-11-22/h4-9,11-12,14,17,19-21H,3H2,1-2H3/q+1. The van der Waals surface area contributed by atoms with Crippen LogP contribution in [0.15, 0.2) is 53.0 Å². The number of rotatable bonds is 6. The summed E-state index contributed by atoms with van der Waals surface area (Å²) in [5.74, 6) is 3.23. The van der Waals surface area contributed by atoms with Crippen LogP contribution in [-0.4, -0.2) is 34.0 Å². The maximum atomic E-state index is 11.5. The fraction of sp³-hybridized carbons (Fsp3) is 0.353. The third-order valence-corrected chi connectivity index (χ3v) is 4.22. The predicted octanol–water partition coefficient (Wildman–Crippen LogP) is 1.28. The Labute approximate surface area is 145 Å². The molecule has 8 nitrogen and oxygen atoms in total. The fourth-order valence-corrected chi connectivity index (χ4v) is 3.00. The van der Waals surface area contributed by atoms with Crippen molar-refractivity contribution in [2.45, 2.75) is 38.6 Å². The fourth-order valence-electron chi connectivity index (χ4n) is 3.00. The highest BCUT2D eigenvalue weighted by Crippen LogP contribution is 2.19. The maximum absolute atomic E-state index is 11.5. The van der Waals surface area contributed by atoms with Crippen LogP contribution in [0, 0.1) is 10.1 Å². The van der Waals surface area contributed by atoms with Gasteiger partial charge in [0.05, 0.1) is 10.8 Å². The van der Waals surface area contributed by atoms with E-state index >= 15 is 0 Å². The Bertz CT molecular complexity index is 780. The molecule has 0 saturated heterocycles. The molecule has 3 N–H and O–H groups in total. The molecule has 3 rings (SSSR count). The second kappa shape index (κ2) is 7.40. The molecule has 2 aliphatic heterocycles. The van der Waals surface area contributed by atoms with Gasteiger partial charge in [-0.3, -0.25) is 26.1 Å². The van der Waals surface area contributed by atoms with E-state index in [0.29, 0.717) is 5.82 Å². The highest BCUT2D eigenvalue weighted by Gasteiger charge is 2.39. The summed E-state index contributed by atoms with van der Waals surface area (Å²) in [6.07, 6.45) is 3.53. The molecule has 3 atom stereocenters. The molecule has 1 aromatic rings. The minimum Gasteiger partial charge on any atom is -0.270 e. The van der Waals surface area contributed by atoms with E-state index in [1.807, 2.05) is 18.2 Å². The predicted molar refractivity (Wildman–Crippen MR) is 94.5 cm³/mol. The van der Waals surface area contributed by atoms with Crippen molar-refractivity contribution in [1.82, 2.24) is 16.0 Å². The molecule has 8 heteroatoms. The van der Waals surface area contributed by atoms with Gasteiger partial charge in [0.2, 0.25) is 6.34 Å². The van der Waals surface area contributed by atoms with E-state index in [4.69, 9.17) is 0 Å². The lowest BCUT2D eigenvalue weighted by Crippen LogP contribution is -2.61. The SMILES string of the molecule is CCC(NC1NC([N+]2=C=CN=C2)=C([N+](=O)[O-])C(C)N1)c1ccccc1. The summed E-state index contributed by atoms with van der Waals surface area (Å²) in [7, 11) is 0. The molecule has 130 valence electrons. The van der Waals surface area contributed by atoms with Crippen molar-refractivity contribution in [2.24, 2.45) is 4.99 Å². The molecule has 2 heterocycles. The Kier molecular flexibility index (Phi) is 5.04. The highest BCUT2D eigenvalue weighted by atomic mass is 16.6. The quantitative estimate of drug-likeness (QED) is 0.412. The van der Waals surface area contributed by atoms with Gasteiger partial charge in [0.1, 0.15) is 6.04 Å². The van der Waals surface area contributed by atoms with Crippen LogP contribution in [0.2, 0.25) is 0 Å². The molecule has 0 fully saturated rings. The second-order valence-corrected chi connectivity index (χ2v) is 5.89. The number of nitrogens with one attached hydrogen (secondary N) is 3. The molecule has 0 spiro atoms. The minimum absolute atomic E-state index is 0.0556. The molecule has 0 aromatic heterocycles. The molecule has 0 amide bonds. The number of nitro groups is 1. The van der Waals surface area contributed by atoms with Gasteiger partial charge in [0, 0.05) is 6.04 Å². The lowest BCUT2D eigenvalue weighted by atomic mass is 10.0. The summed E-state index contributed by atoms with van der Waals surface area (Å²) in [6, 6.07) is 9.79. The molecule has 0 saturated carbocycles. The second-order valence-electron chi connectivity index (χ2n) is 5.89. The average Bonchev–Trinajstić information content (AvgIpc) is 3.14. The smallest absolute Gasteiger partial charge is 0.270 e. The largest absolute Gasteiger partial charge is 0.335 e. The number of hydrogen-bond donors (Lipinski definition) is 3. The Morgan fingerprint density at radius 3 is 2.80 bits per heavy atom. The number of aliphatic imine (C=N–C) groups is 1. The van der Waals surface area contributed by atoms with Crippen molar-refractivity contribution in [3.8, 4) is 0 Å². The van der Waals surface area contributed by atoms with Gasteiger partial charge in [-0.2, -0.15) is 4.58 Å². The zero-order chi connectivity index (χ0) is 17.8. The van der Waals surface area contributed by atoms with Crippen LogP contribution in [0.4, 0.5) is 0 Å². The molecular formula is C17H21N6O2+. The van der Waals surface area contributed by atoms with Crippen LogP contribution in [0.5, 0.6) is 0 Å². The first-order chi connectivity index (χ1) is 12.1. The Balaban J connectivity index is 1.84. The van der Waals surface area contributed by atoms with Crippen molar-refractivity contribution < 1.29 is 9.50 Å². The van der Waals surface area contributed by atoms with E-state index in [1.165, 1.54) is 22.7 Å². The molecule has 3 unspecified atom stereocenters. The van der Waals surface area contributed by atoms with Gasteiger partial charge in [-0.05, 0) is 18.9 Å². The Morgan fingerprint density at radius 2 is 2.20 bits per heavy atom. The summed E-state index contributed by atoms with van der Waals surface area (Å²) < 4.78 is 1.51. The number of hydrogen-bond acceptors (Lipinski definition) is 6. The van der Waals surface area contributed by atoms with E-state index in [2.05, 4.69) is 45.9 Å². The first-order valence-corrected chi connectivity index (χ1v) is 8.22. The van der Waals surface area contributed by atoms with Gasteiger partial charge in [-0.25, -0.2) is 0 Å². The van der Waals surface area contributed by atoms with E-state index in [-0.39, 0.29) is 23.0 Å². The van der Waals surface area contributed by atoms with Crippen molar-refractivity contribution in [3.63, 3.8) is 0 Å². The Hall–Kier alpha value is -2.80.